The molecule has 0 aromatic carbocycles. The van der Waals surface area contributed by atoms with Crippen molar-refractivity contribution in [3.63, 3.8) is 0 Å². The molecule has 1 heterocycles. The van der Waals surface area contributed by atoms with E-state index in [1.165, 1.54) is 0 Å². The second-order valence-electron chi connectivity index (χ2n) is 3.35. The maximum absolute atomic E-state index is 10.4. The number of aryl methyl sites for hydroxylation is 2. The summed E-state index contributed by atoms with van der Waals surface area (Å²) in [7, 11) is 0. The molecule has 0 fully saturated rings. The SMILES string of the molecule is Cc1cncc(CC[C@H](N)C(=O)O)c1. The van der Waals surface area contributed by atoms with Crippen molar-refractivity contribution in [2.45, 2.75) is 25.8 Å². The highest BCUT2D eigenvalue weighted by molar-refractivity contribution is 5.73. The number of hydrogen-bond donors (Lipinski definition) is 2. The molecule has 0 amide bonds. The van der Waals surface area contributed by atoms with E-state index in [0.29, 0.717) is 12.8 Å². The number of aliphatic carboxylic acids is 1. The lowest BCUT2D eigenvalue weighted by Crippen LogP contribution is -2.30. The molecule has 76 valence electrons. The minimum Gasteiger partial charge on any atom is -0.480 e. The van der Waals surface area contributed by atoms with Gasteiger partial charge in [-0.15, -0.1) is 0 Å². The average molecular weight is 194 g/mol. The number of hydrogen-bond acceptors (Lipinski definition) is 3. The third-order valence-corrected chi connectivity index (χ3v) is 1.99. The van der Waals surface area contributed by atoms with Crippen LogP contribution < -0.4 is 5.73 Å². The highest BCUT2D eigenvalue weighted by Crippen LogP contribution is 2.05. The smallest absolute Gasteiger partial charge is 0.320 e. The Bertz CT molecular complexity index is 326. The first-order valence-electron chi connectivity index (χ1n) is 4.48. The molecule has 4 nitrogen and oxygen atoms in total. The van der Waals surface area contributed by atoms with Gasteiger partial charge < -0.3 is 10.8 Å². The molecule has 0 spiro atoms. The van der Waals surface area contributed by atoms with Crippen molar-refractivity contribution in [3.8, 4) is 0 Å². The Kier molecular flexibility index (Phi) is 3.59. The zero-order chi connectivity index (χ0) is 10.6. The number of carboxylic acids is 1. The summed E-state index contributed by atoms with van der Waals surface area (Å²) >= 11 is 0. The van der Waals surface area contributed by atoms with Gasteiger partial charge in [0.2, 0.25) is 0 Å². The van der Waals surface area contributed by atoms with Crippen molar-refractivity contribution in [1.82, 2.24) is 4.98 Å². The zero-order valence-electron chi connectivity index (χ0n) is 8.10. The molecule has 0 aliphatic carbocycles. The molecule has 1 rings (SSSR count). The van der Waals surface area contributed by atoms with Gasteiger partial charge in [-0.05, 0) is 30.9 Å². The van der Waals surface area contributed by atoms with Crippen LogP contribution in [0.2, 0.25) is 0 Å². The molecule has 0 radical (unpaired) electrons. The summed E-state index contributed by atoms with van der Waals surface area (Å²) in [5.41, 5.74) is 7.49. The average Bonchev–Trinajstić information content (AvgIpc) is 2.14. The Hall–Kier alpha value is -1.42. The maximum Gasteiger partial charge on any atom is 0.320 e. The Morgan fingerprint density at radius 3 is 2.93 bits per heavy atom. The number of carboxylic acid groups (broad SMARTS) is 1. The van der Waals surface area contributed by atoms with Gasteiger partial charge in [-0.2, -0.15) is 0 Å². The van der Waals surface area contributed by atoms with Crippen molar-refractivity contribution in [2.75, 3.05) is 0 Å². The molecule has 3 N–H and O–H groups in total. The Labute approximate surface area is 82.8 Å². The summed E-state index contributed by atoms with van der Waals surface area (Å²) < 4.78 is 0. The first kappa shape index (κ1) is 10.7. The number of aromatic nitrogens is 1. The number of rotatable bonds is 4. The molecular weight excluding hydrogens is 180 g/mol. The van der Waals surface area contributed by atoms with Crippen LogP contribution in [0.3, 0.4) is 0 Å². The number of carbonyl (C=O) groups is 1. The van der Waals surface area contributed by atoms with Crippen LogP contribution in [0, 0.1) is 6.92 Å². The van der Waals surface area contributed by atoms with Gasteiger partial charge >= 0.3 is 5.97 Å². The van der Waals surface area contributed by atoms with Gasteiger partial charge in [0.05, 0.1) is 0 Å². The monoisotopic (exact) mass is 194 g/mol. The standard InChI is InChI=1S/C10H14N2O2/c1-7-4-8(6-12-5-7)2-3-9(11)10(13)14/h4-6,9H,2-3,11H2,1H3,(H,13,14)/t9-/m0/s1. The van der Waals surface area contributed by atoms with E-state index >= 15 is 0 Å². The maximum atomic E-state index is 10.4. The molecule has 14 heavy (non-hydrogen) atoms. The van der Waals surface area contributed by atoms with Crippen LogP contribution in [0.5, 0.6) is 0 Å². The predicted octanol–water partition coefficient (Wildman–Crippen LogP) is 0.735. The van der Waals surface area contributed by atoms with E-state index in [1.54, 1.807) is 12.4 Å². The third-order valence-electron chi connectivity index (χ3n) is 1.99. The Balaban J connectivity index is 2.49. The van der Waals surface area contributed by atoms with Gasteiger partial charge in [0, 0.05) is 12.4 Å². The molecule has 0 unspecified atom stereocenters. The van der Waals surface area contributed by atoms with Crippen molar-refractivity contribution in [3.05, 3.63) is 29.6 Å². The van der Waals surface area contributed by atoms with Gasteiger partial charge in [0.15, 0.2) is 0 Å². The van der Waals surface area contributed by atoms with Crippen LogP contribution in [0.15, 0.2) is 18.5 Å². The van der Waals surface area contributed by atoms with Crippen LogP contribution in [-0.2, 0) is 11.2 Å². The van der Waals surface area contributed by atoms with Gasteiger partial charge in [-0.1, -0.05) is 6.07 Å². The van der Waals surface area contributed by atoms with Crippen LogP contribution in [0.1, 0.15) is 17.5 Å². The van der Waals surface area contributed by atoms with Gasteiger partial charge in [-0.25, -0.2) is 0 Å². The predicted molar refractivity (Wildman–Crippen MR) is 52.9 cm³/mol. The molecule has 0 saturated carbocycles. The van der Waals surface area contributed by atoms with Crippen molar-refractivity contribution in [2.24, 2.45) is 5.73 Å². The molecule has 4 heteroatoms. The number of pyridine rings is 1. The zero-order valence-corrected chi connectivity index (χ0v) is 8.10. The molecule has 1 aromatic heterocycles. The summed E-state index contributed by atoms with van der Waals surface area (Å²) in [4.78, 5) is 14.5. The lowest BCUT2D eigenvalue weighted by atomic mass is 10.1. The summed E-state index contributed by atoms with van der Waals surface area (Å²) in [6.45, 7) is 1.95. The topological polar surface area (TPSA) is 76.2 Å². The summed E-state index contributed by atoms with van der Waals surface area (Å²) in [6.07, 6.45) is 4.60. The second kappa shape index (κ2) is 4.72. The lowest BCUT2D eigenvalue weighted by molar-refractivity contribution is -0.138. The first-order chi connectivity index (χ1) is 6.59. The van der Waals surface area contributed by atoms with Crippen LogP contribution in [-0.4, -0.2) is 22.1 Å². The lowest BCUT2D eigenvalue weighted by Gasteiger charge is -2.05. The normalized spacial score (nSPS) is 12.4. The van der Waals surface area contributed by atoms with Crippen LogP contribution >= 0.6 is 0 Å². The fourth-order valence-corrected chi connectivity index (χ4v) is 1.20. The van der Waals surface area contributed by atoms with Crippen LogP contribution in [0.4, 0.5) is 0 Å². The molecule has 0 aliphatic heterocycles. The van der Waals surface area contributed by atoms with Gasteiger partial charge in [0.1, 0.15) is 6.04 Å². The molecule has 0 saturated heterocycles. The fourth-order valence-electron chi connectivity index (χ4n) is 1.20. The third kappa shape index (κ3) is 3.14. The molecular formula is C10H14N2O2. The molecule has 0 aliphatic rings. The number of nitrogens with two attached hydrogens (primary N) is 1. The van der Waals surface area contributed by atoms with Gasteiger partial charge in [0.25, 0.3) is 0 Å². The van der Waals surface area contributed by atoms with E-state index in [9.17, 15) is 4.79 Å². The van der Waals surface area contributed by atoms with E-state index in [1.807, 2.05) is 13.0 Å². The number of nitrogens with zero attached hydrogens (tertiary/aromatic N) is 1. The van der Waals surface area contributed by atoms with E-state index in [-0.39, 0.29) is 0 Å². The first-order valence-corrected chi connectivity index (χ1v) is 4.48. The van der Waals surface area contributed by atoms with Crippen molar-refractivity contribution in [1.29, 1.82) is 0 Å². The molecule has 1 atom stereocenters. The fraction of sp³-hybridized carbons (Fsp3) is 0.400. The minimum absolute atomic E-state index is 0.445. The van der Waals surface area contributed by atoms with E-state index in [0.717, 1.165) is 11.1 Å². The summed E-state index contributed by atoms with van der Waals surface area (Å²) in [5.74, 6) is -0.953. The largest absolute Gasteiger partial charge is 0.480 e. The van der Waals surface area contributed by atoms with E-state index < -0.39 is 12.0 Å². The minimum atomic E-state index is -0.953. The van der Waals surface area contributed by atoms with E-state index in [2.05, 4.69) is 4.98 Å². The molecule has 1 aromatic rings. The van der Waals surface area contributed by atoms with Crippen LogP contribution in [0.25, 0.3) is 0 Å². The van der Waals surface area contributed by atoms with E-state index in [4.69, 9.17) is 10.8 Å². The highest BCUT2D eigenvalue weighted by Gasteiger charge is 2.10. The van der Waals surface area contributed by atoms with Crippen molar-refractivity contribution >= 4 is 5.97 Å². The second-order valence-corrected chi connectivity index (χ2v) is 3.35. The quantitative estimate of drug-likeness (QED) is 0.741. The highest BCUT2D eigenvalue weighted by atomic mass is 16.4. The molecule has 0 bridgehead atoms. The van der Waals surface area contributed by atoms with Gasteiger partial charge in [-0.3, -0.25) is 9.78 Å². The Morgan fingerprint density at radius 1 is 1.64 bits per heavy atom. The summed E-state index contributed by atoms with van der Waals surface area (Å²) in [6, 6.07) is 1.21. The van der Waals surface area contributed by atoms with Crippen molar-refractivity contribution < 1.29 is 9.90 Å². The summed E-state index contributed by atoms with van der Waals surface area (Å²) in [5, 5.41) is 8.57. The Morgan fingerprint density at radius 2 is 2.36 bits per heavy atom.